The Bertz CT molecular complexity index is 499. The summed E-state index contributed by atoms with van der Waals surface area (Å²) in [5.41, 5.74) is 2.36. The predicted molar refractivity (Wildman–Crippen MR) is 67.6 cm³/mol. The van der Waals surface area contributed by atoms with Crippen LogP contribution in [0, 0.1) is 10.1 Å². The lowest BCUT2D eigenvalue weighted by atomic mass is 10.1. The molecular formula is C11H14N4O4. The van der Waals surface area contributed by atoms with Crippen LogP contribution in [0.15, 0.2) is 18.2 Å². The minimum atomic E-state index is -0.593. The summed E-state index contributed by atoms with van der Waals surface area (Å²) in [7, 11) is 0. The number of nitro groups is 1. The van der Waals surface area contributed by atoms with Crippen LogP contribution in [0.25, 0.3) is 0 Å². The number of hydrogen-bond acceptors (Lipinski definition) is 6. The third-order valence-electron chi connectivity index (χ3n) is 2.88. The van der Waals surface area contributed by atoms with Crippen molar-refractivity contribution in [3.63, 3.8) is 0 Å². The number of nitrogens with two attached hydrogens (primary N) is 1. The van der Waals surface area contributed by atoms with Crippen molar-refractivity contribution >= 4 is 17.3 Å². The molecule has 1 amide bonds. The fourth-order valence-corrected chi connectivity index (χ4v) is 1.86. The summed E-state index contributed by atoms with van der Waals surface area (Å²) in [5, 5.41) is 13.6. The molecule has 4 N–H and O–H groups in total. The Morgan fingerprint density at radius 2 is 2.32 bits per heavy atom. The van der Waals surface area contributed by atoms with Gasteiger partial charge in [-0.25, -0.2) is 0 Å². The first kappa shape index (κ1) is 13.2. The summed E-state index contributed by atoms with van der Waals surface area (Å²) in [6, 6.07) is 4.03. The summed E-state index contributed by atoms with van der Waals surface area (Å²) in [4.78, 5) is 22.2. The molecule has 1 atom stereocenters. The maximum Gasteiger partial charge on any atom is 0.294 e. The number of hydrogen-bond donors (Lipinski definition) is 3. The second-order valence-corrected chi connectivity index (χ2v) is 4.17. The molecule has 1 aliphatic rings. The first-order chi connectivity index (χ1) is 9.11. The van der Waals surface area contributed by atoms with Crippen LogP contribution in [-0.4, -0.2) is 30.1 Å². The van der Waals surface area contributed by atoms with Gasteiger partial charge < -0.3 is 15.5 Å². The maximum atomic E-state index is 11.9. The van der Waals surface area contributed by atoms with Crippen molar-refractivity contribution in [2.75, 3.05) is 18.6 Å². The quantitative estimate of drug-likeness (QED) is 0.412. The first-order valence-corrected chi connectivity index (χ1v) is 5.75. The van der Waals surface area contributed by atoms with Gasteiger partial charge in [0.25, 0.3) is 11.6 Å². The number of anilines is 1. The Kier molecular flexibility index (Phi) is 3.93. The Balaban J connectivity index is 2.17. The molecule has 0 bridgehead atoms. The second kappa shape index (κ2) is 5.63. The summed E-state index contributed by atoms with van der Waals surface area (Å²) < 4.78 is 5.14. The number of rotatable bonds is 4. The number of benzene rings is 1. The normalized spacial score (nSPS) is 18.1. The largest absolute Gasteiger partial charge is 0.379 e. The molecule has 102 valence electrons. The van der Waals surface area contributed by atoms with Gasteiger partial charge in [0.05, 0.1) is 17.6 Å². The molecule has 0 aliphatic carbocycles. The number of nitrogens with one attached hydrogen (secondary N) is 2. The highest BCUT2D eigenvalue weighted by Crippen LogP contribution is 2.24. The minimum Gasteiger partial charge on any atom is -0.379 e. The van der Waals surface area contributed by atoms with E-state index in [0.717, 1.165) is 6.42 Å². The molecule has 1 aromatic carbocycles. The number of hydrazine groups is 1. The van der Waals surface area contributed by atoms with Gasteiger partial charge in [-0.3, -0.25) is 20.8 Å². The highest BCUT2D eigenvalue weighted by Gasteiger charge is 2.21. The second-order valence-electron chi connectivity index (χ2n) is 4.17. The van der Waals surface area contributed by atoms with Crippen LogP contribution < -0.4 is 16.6 Å². The lowest BCUT2D eigenvalue weighted by molar-refractivity contribution is -0.384. The van der Waals surface area contributed by atoms with E-state index in [-0.39, 0.29) is 28.9 Å². The summed E-state index contributed by atoms with van der Waals surface area (Å²) in [5.74, 6) is 4.82. The number of ether oxygens (including phenoxy) is 1. The molecular weight excluding hydrogens is 252 g/mol. The highest BCUT2D eigenvalue weighted by atomic mass is 16.6. The van der Waals surface area contributed by atoms with Crippen molar-refractivity contribution in [1.82, 2.24) is 5.32 Å². The molecule has 8 nitrogen and oxygen atoms in total. The maximum absolute atomic E-state index is 11.9. The highest BCUT2D eigenvalue weighted by molar-refractivity contribution is 5.95. The van der Waals surface area contributed by atoms with Crippen molar-refractivity contribution in [3.8, 4) is 0 Å². The lowest BCUT2D eigenvalue weighted by Gasteiger charge is -2.11. The van der Waals surface area contributed by atoms with Gasteiger partial charge in [0.15, 0.2) is 0 Å². The van der Waals surface area contributed by atoms with Gasteiger partial charge in [0, 0.05) is 18.2 Å². The molecule has 1 aromatic rings. The minimum absolute atomic E-state index is 0.0427. The molecule has 1 fully saturated rings. The van der Waals surface area contributed by atoms with Crippen molar-refractivity contribution in [1.29, 1.82) is 0 Å². The summed E-state index contributed by atoms with van der Waals surface area (Å²) >= 11 is 0. The van der Waals surface area contributed by atoms with Crippen LogP contribution in [0.2, 0.25) is 0 Å². The van der Waals surface area contributed by atoms with Gasteiger partial charge in [-0.05, 0) is 18.6 Å². The molecule has 0 aromatic heterocycles. The van der Waals surface area contributed by atoms with Crippen molar-refractivity contribution < 1.29 is 14.5 Å². The smallest absolute Gasteiger partial charge is 0.294 e. The average molecular weight is 266 g/mol. The summed E-state index contributed by atoms with van der Waals surface area (Å²) in [6.45, 7) is 1.08. The fourth-order valence-electron chi connectivity index (χ4n) is 1.86. The first-order valence-electron chi connectivity index (χ1n) is 5.75. The molecule has 0 saturated carbocycles. The van der Waals surface area contributed by atoms with E-state index in [4.69, 9.17) is 10.6 Å². The number of amides is 1. The molecule has 1 unspecified atom stereocenters. The predicted octanol–water partition coefficient (Wildman–Crippen LogP) is 0.399. The topological polar surface area (TPSA) is 120 Å². The number of carbonyl (C=O) groups excluding carboxylic acids is 1. The van der Waals surface area contributed by atoms with Crippen LogP contribution in [0.5, 0.6) is 0 Å². The number of nitro benzene ring substituents is 1. The van der Waals surface area contributed by atoms with E-state index >= 15 is 0 Å². The third-order valence-corrected chi connectivity index (χ3v) is 2.88. The molecule has 0 radical (unpaired) electrons. The molecule has 2 rings (SSSR count). The van der Waals surface area contributed by atoms with Gasteiger partial charge in [-0.2, -0.15) is 0 Å². The zero-order chi connectivity index (χ0) is 13.8. The van der Waals surface area contributed by atoms with E-state index in [1.165, 1.54) is 18.2 Å². The summed E-state index contributed by atoms with van der Waals surface area (Å²) in [6.07, 6.45) is 0.746. The van der Waals surface area contributed by atoms with Crippen LogP contribution >= 0.6 is 0 Å². The van der Waals surface area contributed by atoms with E-state index in [1.54, 1.807) is 0 Å². The van der Waals surface area contributed by atoms with Gasteiger partial charge in [-0.15, -0.1) is 0 Å². The molecule has 0 spiro atoms. The molecule has 1 heterocycles. The Morgan fingerprint density at radius 3 is 2.89 bits per heavy atom. The lowest BCUT2D eigenvalue weighted by Crippen LogP contribution is -2.35. The fraction of sp³-hybridized carbons (Fsp3) is 0.364. The van der Waals surface area contributed by atoms with Crippen molar-refractivity contribution in [2.45, 2.75) is 12.5 Å². The number of nitrogens with zero attached hydrogens (tertiary/aromatic N) is 1. The van der Waals surface area contributed by atoms with Crippen LogP contribution in [0.4, 0.5) is 11.4 Å². The molecule has 1 aliphatic heterocycles. The zero-order valence-corrected chi connectivity index (χ0v) is 10.1. The van der Waals surface area contributed by atoms with Crippen molar-refractivity contribution in [2.24, 2.45) is 5.84 Å². The number of carbonyl (C=O) groups is 1. The van der Waals surface area contributed by atoms with Gasteiger partial charge in [0.2, 0.25) is 0 Å². The Hall–Kier alpha value is -2.19. The van der Waals surface area contributed by atoms with E-state index in [1.807, 2.05) is 0 Å². The molecule has 19 heavy (non-hydrogen) atoms. The molecule has 8 heteroatoms. The van der Waals surface area contributed by atoms with Gasteiger partial charge >= 0.3 is 0 Å². The van der Waals surface area contributed by atoms with Gasteiger partial charge in [0.1, 0.15) is 5.69 Å². The van der Waals surface area contributed by atoms with Crippen molar-refractivity contribution in [3.05, 3.63) is 33.9 Å². The Labute approximate surface area is 109 Å². The van der Waals surface area contributed by atoms with E-state index in [0.29, 0.717) is 13.2 Å². The van der Waals surface area contributed by atoms with E-state index in [2.05, 4.69) is 10.7 Å². The zero-order valence-electron chi connectivity index (χ0n) is 10.1. The van der Waals surface area contributed by atoms with Crippen LogP contribution in [-0.2, 0) is 4.74 Å². The van der Waals surface area contributed by atoms with Crippen LogP contribution in [0.3, 0.4) is 0 Å². The Morgan fingerprint density at radius 1 is 1.53 bits per heavy atom. The molecule has 1 saturated heterocycles. The number of nitrogen functional groups attached to an aromatic ring is 1. The van der Waals surface area contributed by atoms with Crippen LogP contribution in [0.1, 0.15) is 16.8 Å². The SMILES string of the molecule is NNc1ccc(C(=O)NC2CCOC2)cc1[N+](=O)[O-]. The van der Waals surface area contributed by atoms with E-state index < -0.39 is 4.92 Å². The van der Waals surface area contributed by atoms with E-state index in [9.17, 15) is 14.9 Å². The van der Waals surface area contributed by atoms with Gasteiger partial charge in [-0.1, -0.05) is 0 Å². The third kappa shape index (κ3) is 2.98. The monoisotopic (exact) mass is 266 g/mol. The standard InChI is InChI=1S/C11H14N4O4/c12-14-9-2-1-7(5-10(9)15(17)18)11(16)13-8-3-4-19-6-8/h1-2,5,8,14H,3-4,6,12H2,(H,13,16). The average Bonchev–Trinajstić information content (AvgIpc) is 2.90.